The van der Waals surface area contributed by atoms with Crippen LogP contribution in [0.1, 0.15) is 27.2 Å². The summed E-state index contributed by atoms with van der Waals surface area (Å²) in [5.74, 6) is 1.23. The summed E-state index contributed by atoms with van der Waals surface area (Å²) < 4.78 is 21.6. The van der Waals surface area contributed by atoms with E-state index in [1.807, 2.05) is 18.2 Å². The van der Waals surface area contributed by atoms with Gasteiger partial charge in [0.1, 0.15) is 12.3 Å². The molecule has 0 N–H and O–H groups in total. The molecule has 178 valence electrons. The predicted octanol–water partition coefficient (Wildman–Crippen LogP) is 3.53. The second kappa shape index (κ2) is 10.3. The number of fused-ring (bicyclic) bond motifs is 1. The first-order valence-corrected chi connectivity index (χ1v) is 11.0. The number of nitrogens with zero attached hydrogens (tertiary/aromatic N) is 2. The van der Waals surface area contributed by atoms with E-state index in [1.54, 1.807) is 35.4 Å². The molecule has 1 aliphatic rings. The summed E-state index contributed by atoms with van der Waals surface area (Å²) in [6.07, 6.45) is 2.34. The smallest absolute Gasteiger partial charge is 0.255 e. The van der Waals surface area contributed by atoms with E-state index < -0.39 is 0 Å². The maximum atomic E-state index is 13.6. The van der Waals surface area contributed by atoms with Crippen LogP contribution < -0.4 is 14.2 Å². The van der Waals surface area contributed by atoms with Gasteiger partial charge in [-0.3, -0.25) is 9.59 Å². The summed E-state index contributed by atoms with van der Waals surface area (Å²) in [6.45, 7) is 1.21. The van der Waals surface area contributed by atoms with E-state index >= 15 is 0 Å². The summed E-state index contributed by atoms with van der Waals surface area (Å²) in [7, 11) is 4.48. The zero-order valence-corrected chi connectivity index (χ0v) is 19.6. The number of methoxy groups -OCH3 is 3. The van der Waals surface area contributed by atoms with Gasteiger partial charge in [0.25, 0.3) is 5.91 Å². The van der Waals surface area contributed by atoms with E-state index in [0.29, 0.717) is 41.7 Å². The minimum atomic E-state index is -0.346. The van der Waals surface area contributed by atoms with E-state index in [0.717, 1.165) is 12.0 Å². The molecule has 2 heterocycles. The second-order valence-corrected chi connectivity index (χ2v) is 7.99. The van der Waals surface area contributed by atoms with Gasteiger partial charge >= 0.3 is 0 Å². The molecule has 0 fully saturated rings. The Labute approximate surface area is 198 Å². The minimum Gasteiger partial charge on any atom is -0.493 e. The molecule has 0 radical (unpaired) electrons. The zero-order chi connectivity index (χ0) is 24.1. The van der Waals surface area contributed by atoms with Crippen molar-refractivity contribution >= 4 is 11.8 Å². The fourth-order valence-electron chi connectivity index (χ4n) is 4.15. The lowest BCUT2D eigenvalue weighted by molar-refractivity contribution is -0.133. The van der Waals surface area contributed by atoms with Crippen molar-refractivity contribution < 1.29 is 28.2 Å². The number of carbonyl (C=O) groups is 2. The summed E-state index contributed by atoms with van der Waals surface area (Å²) >= 11 is 0. The number of hydrogen-bond acceptors (Lipinski definition) is 6. The lowest BCUT2D eigenvalue weighted by Gasteiger charge is -2.31. The molecule has 0 unspecified atom stereocenters. The molecule has 3 aromatic rings. The summed E-state index contributed by atoms with van der Waals surface area (Å²) in [5.41, 5.74) is 2.71. The van der Waals surface area contributed by atoms with E-state index in [4.69, 9.17) is 18.6 Å². The highest BCUT2D eigenvalue weighted by Gasteiger charge is 2.27. The average molecular weight is 465 g/mol. The molecular formula is C26H28N2O6. The van der Waals surface area contributed by atoms with E-state index in [-0.39, 0.29) is 24.9 Å². The fraction of sp³-hybridized carbons (Fsp3) is 0.308. The molecular weight excluding hydrogens is 436 g/mol. The number of benzene rings is 2. The molecule has 2 aromatic carbocycles. The van der Waals surface area contributed by atoms with Crippen LogP contribution in [0.5, 0.6) is 17.2 Å². The van der Waals surface area contributed by atoms with Gasteiger partial charge < -0.3 is 28.4 Å². The third-order valence-electron chi connectivity index (χ3n) is 5.94. The Hall–Kier alpha value is -3.94. The Morgan fingerprint density at radius 2 is 1.68 bits per heavy atom. The van der Waals surface area contributed by atoms with Crippen LogP contribution in [-0.2, 0) is 24.3 Å². The first kappa shape index (κ1) is 23.2. The topological polar surface area (TPSA) is 81.5 Å². The molecule has 34 heavy (non-hydrogen) atoms. The Morgan fingerprint density at radius 3 is 2.29 bits per heavy atom. The standard InChI is InChI=1S/C26H28N2O6/c1-31-22-13-20(14-23(32-2)25(22)33-3)26(30)28(16-21-9-6-12-34-21)17-24(29)27-11-10-18-7-4-5-8-19(18)15-27/h4-9,12-14H,10-11,15-17H2,1-3H3. The Balaban J connectivity index is 1.59. The summed E-state index contributed by atoms with van der Waals surface area (Å²) in [6, 6.07) is 14.8. The maximum Gasteiger partial charge on any atom is 0.255 e. The number of amides is 2. The van der Waals surface area contributed by atoms with Crippen molar-refractivity contribution in [2.75, 3.05) is 34.4 Å². The van der Waals surface area contributed by atoms with Crippen molar-refractivity contribution in [1.82, 2.24) is 9.80 Å². The first-order chi connectivity index (χ1) is 16.5. The molecule has 1 aromatic heterocycles. The maximum absolute atomic E-state index is 13.6. The van der Waals surface area contributed by atoms with Crippen LogP contribution in [-0.4, -0.2) is 56.0 Å². The average Bonchev–Trinajstić information content (AvgIpc) is 3.39. The third-order valence-corrected chi connectivity index (χ3v) is 5.94. The SMILES string of the molecule is COc1cc(C(=O)N(CC(=O)N2CCc3ccccc3C2)Cc2ccco2)cc(OC)c1OC. The Morgan fingerprint density at radius 1 is 0.971 bits per heavy atom. The van der Waals surface area contributed by atoms with Crippen molar-refractivity contribution in [2.24, 2.45) is 0 Å². The van der Waals surface area contributed by atoms with Crippen LogP contribution in [0.2, 0.25) is 0 Å². The van der Waals surface area contributed by atoms with Crippen molar-refractivity contribution in [3.63, 3.8) is 0 Å². The van der Waals surface area contributed by atoms with Gasteiger partial charge in [0.05, 0.1) is 34.1 Å². The van der Waals surface area contributed by atoms with Gasteiger partial charge in [-0.2, -0.15) is 0 Å². The second-order valence-electron chi connectivity index (χ2n) is 7.99. The normalized spacial score (nSPS) is 12.6. The third kappa shape index (κ3) is 4.85. The van der Waals surface area contributed by atoms with E-state index in [2.05, 4.69) is 6.07 Å². The summed E-state index contributed by atoms with van der Waals surface area (Å²) in [5, 5.41) is 0. The zero-order valence-electron chi connectivity index (χ0n) is 19.6. The fourth-order valence-corrected chi connectivity index (χ4v) is 4.15. The molecule has 8 nitrogen and oxygen atoms in total. The molecule has 8 heteroatoms. The van der Waals surface area contributed by atoms with Gasteiger partial charge in [-0.05, 0) is 41.8 Å². The van der Waals surface area contributed by atoms with Gasteiger partial charge in [-0.15, -0.1) is 0 Å². The first-order valence-electron chi connectivity index (χ1n) is 11.0. The van der Waals surface area contributed by atoms with Crippen LogP contribution in [0.25, 0.3) is 0 Å². The molecule has 0 saturated carbocycles. The van der Waals surface area contributed by atoms with Crippen LogP contribution in [0.3, 0.4) is 0 Å². The lowest BCUT2D eigenvalue weighted by Crippen LogP contribution is -2.44. The lowest BCUT2D eigenvalue weighted by atomic mass is 10.00. The van der Waals surface area contributed by atoms with Crippen molar-refractivity contribution in [3.05, 3.63) is 77.2 Å². The molecule has 0 aliphatic carbocycles. The molecule has 0 spiro atoms. The highest BCUT2D eigenvalue weighted by Crippen LogP contribution is 2.38. The molecule has 1 aliphatic heterocycles. The van der Waals surface area contributed by atoms with Crippen molar-refractivity contribution in [1.29, 1.82) is 0 Å². The van der Waals surface area contributed by atoms with Crippen LogP contribution in [0.15, 0.2) is 59.2 Å². The molecule has 0 bridgehead atoms. The monoisotopic (exact) mass is 464 g/mol. The van der Waals surface area contributed by atoms with Crippen LogP contribution >= 0.6 is 0 Å². The minimum absolute atomic E-state index is 0.0850. The van der Waals surface area contributed by atoms with Crippen LogP contribution in [0.4, 0.5) is 0 Å². The van der Waals surface area contributed by atoms with Crippen molar-refractivity contribution in [3.8, 4) is 17.2 Å². The van der Waals surface area contributed by atoms with E-state index in [9.17, 15) is 9.59 Å². The van der Waals surface area contributed by atoms with Crippen molar-refractivity contribution in [2.45, 2.75) is 19.5 Å². The summed E-state index contributed by atoms with van der Waals surface area (Å²) in [4.78, 5) is 30.1. The van der Waals surface area contributed by atoms with Gasteiger partial charge in [-0.1, -0.05) is 24.3 Å². The molecule has 2 amide bonds. The highest BCUT2D eigenvalue weighted by atomic mass is 16.5. The molecule has 0 atom stereocenters. The number of ether oxygens (including phenoxy) is 3. The highest BCUT2D eigenvalue weighted by molar-refractivity contribution is 5.97. The van der Waals surface area contributed by atoms with Crippen LogP contribution in [0, 0.1) is 0 Å². The number of furan rings is 1. The Kier molecular flexibility index (Phi) is 7.06. The number of carbonyl (C=O) groups excluding carboxylic acids is 2. The Bertz CT molecular complexity index is 1130. The number of rotatable bonds is 8. The molecule has 4 rings (SSSR count). The number of hydrogen-bond donors (Lipinski definition) is 0. The van der Waals surface area contributed by atoms with Gasteiger partial charge in [0.2, 0.25) is 11.7 Å². The van der Waals surface area contributed by atoms with Gasteiger partial charge in [0.15, 0.2) is 11.5 Å². The van der Waals surface area contributed by atoms with Gasteiger partial charge in [0, 0.05) is 18.7 Å². The predicted molar refractivity (Wildman–Crippen MR) is 125 cm³/mol. The largest absolute Gasteiger partial charge is 0.493 e. The van der Waals surface area contributed by atoms with E-state index in [1.165, 1.54) is 31.8 Å². The quantitative estimate of drug-likeness (QED) is 0.507. The molecule has 0 saturated heterocycles. The van der Waals surface area contributed by atoms with Gasteiger partial charge in [-0.25, -0.2) is 0 Å².